The van der Waals surface area contributed by atoms with Crippen LogP contribution < -0.4 is 5.32 Å². The average molecular weight is 415 g/mol. The number of aromatic nitrogens is 2. The molecule has 2 rings (SSSR count). The van der Waals surface area contributed by atoms with Gasteiger partial charge in [0.2, 0.25) is 0 Å². The van der Waals surface area contributed by atoms with Crippen LogP contribution in [0.4, 0.5) is 0 Å². The number of amides is 1. The van der Waals surface area contributed by atoms with E-state index in [4.69, 9.17) is 4.74 Å². The van der Waals surface area contributed by atoms with Crippen molar-refractivity contribution in [1.82, 2.24) is 19.2 Å². The van der Waals surface area contributed by atoms with Crippen molar-refractivity contribution >= 4 is 21.9 Å². The molecule has 1 saturated heterocycles. The maximum absolute atomic E-state index is 12.7. The summed E-state index contributed by atoms with van der Waals surface area (Å²) in [6, 6.07) is -0.00474. The molecule has 1 N–H and O–H groups in total. The molecule has 28 heavy (non-hydrogen) atoms. The Hall–Kier alpha value is -1.94. The normalized spacial score (nSPS) is 17.5. The van der Waals surface area contributed by atoms with Crippen LogP contribution in [0.15, 0.2) is 11.2 Å². The lowest BCUT2D eigenvalue weighted by atomic mass is 9.98. The van der Waals surface area contributed by atoms with Crippen LogP contribution in [-0.4, -0.2) is 59.9 Å². The number of ether oxygens (including phenoxy) is 1. The van der Waals surface area contributed by atoms with Gasteiger partial charge < -0.3 is 14.6 Å². The number of aryl methyl sites for hydroxylation is 2. The van der Waals surface area contributed by atoms with Gasteiger partial charge in [-0.1, -0.05) is 13.8 Å². The number of imidazole rings is 1. The molecule has 0 aliphatic carbocycles. The van der Waals surface area contributed by atoms with E-state index in [-0.39, 0.29) is 42.6 Å². The number of hydrogen-bond donors (Lipinski definition) is 1. The number of carbonyl (C=O) groups excluding carboxylic acids is 2. The van der Waals surface area contributed by atoms with Crippen LogP contribution in [0.3, 0.4) is 0 Å². The Morgan fingerprint density at radius 1 is 1.29 bits per heavy atom. The van der Waals surface area contributed by atoms with Crippen molar-refractivity contribution in [2.45, 2.75) is 51.6 Å². The SMILES string of the molecule is Cc1nc(S(=O)(=O)N2CCC(C(=O)OCC(=O)NC(C)C(C)C)CC2)cn1C. The summed E-state index contributed by atoms with van der Waals surface area (Å²) in [4.78, 5) is 28.1. The molecule has 1 unspecified atom stereocenters. The molecule has 158 valence electrons. The van der Waals surface area contributed by atoms with Crippen LogP contribution in [-0.2, 0) is 31.4 Å². The first-order chi connectivity index (χ1) is 13.0. The summed E-state index contributed by atoms with van der Waals surface area (Å²) < 4.78 is 33.5. The van der Waals surface area contributed by atoms with Gasteiger partial charge in [-0.15, -0.1) is 0 Å². The van der Waals surface area contributed by atoms with E-state index < -0.39 is 21.9 Å². The van der Waals surface area contributed by atoms with Crippen LogP contribution in [0.25, 0.3) is 0 Å². The Morgan fingerprint density at radius 3 is 2.39 bits per heavy atom. The number of carbonyl (C=O) groups is 2. The van der Waals surface area contributed by atoms with Gasteiger partial charge in [-0.2, -0.15) is 4.31 Å². The molecule has 1 atom stereocenters. The third-order valence-electron chi connectivity index (χ3n) is 5.21. The van der Waals surface area contributed by atoms with Crippen molar-refractivity contribution < 1.29 is 22.7 Å². The zero-order valence-electron chi connectivity index (χ0n) is 17.1. The Labute approximate surface area is 166 Å². The molecule has 1 aliphatic heterocycles. The van der Waals surface area contributed by atoms with Crippen LogP contribution >= 0.6 is 0 Å². The van der Waals surface area contributed by atoms with Crippen LogP contribution in [0.1, 0.15) is 39.4 Å². The van der Waals surface area contributed by atoms with Gasteiger partial charge in [0.1, 0.15) is 5.82 Å². The van der Waals surface area contributed by atoms with E-state index in [0.717, 1.165) is 0 Å². The van der Waals surface area contributed by atoms with E-state index in [2.05, 4.69) is 10.3 Å². The zero-order valence-corrected chi connectivity index (χ0v) is 18.0. The minimum Gasteiger partial charge on any atom is -0.455 e. The number of nitrogens with one attached hydrogen (secondary N) is 1. The monoisotopic (exact) mass is 414 g/mol. The average Bonchev–Trinajstić information content (AvgIpc) is 2.99. The predicted octanol–water partition coefficient (Wildman–Crippen LogP) is 0.833. The fourth-order valence-corrected chi connectivity index (χ4v) is 4.33. The van der Waals surface area contributed by atoms with E-state index >= 15 is 0 Å². The van der Waals surface area contributed by atoms with Crippen LogP contribution in [0, 0.1) is 18.8 Å². The summed E-state index contributed by atoms with van der Waals surface area (Å²) >= 11 is 0. The minimum atomic E-state index is -3.68. The van der Waals surface area contributed by atoms with Crippen molar-refractivity contribution in [3.63, 3.8) is 0 Å². The van der Waals surface area contributed by atoms with E-state index in [1.54, 1.807) is 18.5 Å². The molecule has 9 nitrogen and oxygen atoms in total. The number of rotatable bonds is 7. The molecular weight excluding hydrogens is 384 g/mol. The number of hydrogen-bond acceptors (Lipinski definition) is 6. The van der Waals surface area contributed by atoms with Gasteiger partial charge >= 0.3 is 5.97 Å². The predicted molar refractivity (Wildman–Crippen MR) is 103 cm³/mol. The molecule has 10 heteroatoms. The molecule has 2 heterocycles. The Morgan fingerprint density at radius 2 is 1.89 bits per heavy atom. The fourth-order valence-electron chi connectivity index (χ4n) is 2.83. The highest BCUT2D eigenvalue weighted by molar-refractivity contribution is 7.89. The zero-order chi connectivity index (χ0) is 21.1. The number of nitrogens with zero attached hydrogens (tertiary/aromatic N) is 3. The Kier molecular flexibility index (Phi) is 7.22. The maximum Gasteiger partial charge on any atom is 0.309 e. The third kappa shape index (κ3) is 5.32. The van der Waals surface area contributed by atoms with Gasteiger partial charge in [-0.25, -0.2) is 13.4 Å². The highest BCUT2D eigenvalue weighted by Gasteiger charge is 2.34. The van der Waals surface area contributed by atoms with Crippen molar-refractivity contribution in [3.8, 4) is 0 Å². The highest BCUT2D eigenvalue weighted by atomic mass is 32.2. The summed E-state index contributed by atoms with van der Waals surface area (Å²) in [5.74, 6) is -0.304. The second-order valence-corrected chi connectivity index (χ2v) is 9.51. The van der Waals surface area contributed by atoms with Crippen molar-refractivity contribution in [1.29, 1.82) is 0 Å². The first-order valence-corrected chi connectivity index (χ1v) is 10.9. The summed E-state index contributed by atoms with van der Waals surface area (Å²) in [7, 11) is -1.94. The molecule has 1 aromatic heterocycles. The summed E-state index contributed by atoms with van der Waals surface area (Å²) in [6.07, 6.45) is 2.20. The molecule has 1 aromatic rings. The largest absolute Gasteiger partial charge is 0.455 e. The maximum atomic E-state index is 12.7. The Bertz CT molecular complexity index is 790. The van der Waals surface area contributed by atoms with Crippen molar-refractivity contribution in [2.75, 3.05) is 19.7 Å². The van der Waals surface area contributed by atoms with Crippen LogP contribution in [0.2, 0.25) is 0 Å². The van der Waals surface area contributed by atoms with Gasteiger partial charge in [-0.3, -0.25) is 9.59 Å². The van der Waals surface area contributed by atoms with E-state index in [0.29, 0.717) is 18.7 Å². The fraction of sp³-hybridized carbons (Fsp3) is 0.722. The highest BCUT2D eigenvalue weighted by Crippen LogP contribution is 2.24. The first-order valence-electron chi connectivity index (χ1n) is 9.48. The number of sulfonamides is 1. The first kappa shape index (κ1) is 22.4. The van der Waals surface area contributed by atoms with Gasteiger partial charge in [0, 0.05) is 32.4 Å². The quantitative estimate of drug-likeness (QED) is 0.662. The second kappa shape index (κ2) is 9.04. The standard InChI is InChI=1S/C18H30N4O5S/c1-12(2)13(3)19-16(23)11-27-18(24)15-6-8-22(9-7-15)28(25,26)17-10-21(5)14(4)20-17/h10,12-13,15H,6-9,11H2,1-5H3,(H,19,23). The molecular formula is C18H30N4O5S. The lowest BCUT2D eigenvalue weighted by Gasteiger charge is -2.29. The van der Waals surface area contributed by atoms with Gasteiger partial charge in [0.05, 0.1) is 5.92 Å². The van der Waals surface area contributed by atoms with E-state index in [1.807, 2.05) is 20.8 Å². The minimum absolute atomic E-state index is 0.00474. The lowest BCUT2D eigenvalue weighted by Crippen LogP contribution is -2.42. The topological polar surface area (TPSA) is 111 Å². The summed E-state index contributed by atoms with van der Waals surface area (Å²) in [6.45, 7) is 7.73. The molecule has 1 amide bonds. The smallest absolute Gasteiger partial charge is 0.309 e. The Balaban J connectivity index is 1.84. The molecule has 0 radical (unpaired) electrons. The number of piperidine rings is 1. The van der Waals surface area contributed by atoms with E-state index in [9.17, 15) is 18.0 Å². The molecule has 0 saturated carbocycles. The second-order valence-electron chi connectivity index (χ2n) is 7.62. The van der Waals surface area contributed by atoms with E-state index in [1.165, 1.54) is 10.5 Å². The number of esters is 1. The molecule has 1 aliphatic rings. The molecule has 1 fully saturated rings. The molecule has 0 aromatic carbocycles. The lowest BCUT2D eigenvalue weighted by molar-refractivity contribution is -0.153. The van der Waals surface area contributed by atoms with Gasteiger partial charge in [-0.05, 0) is 32.6 Å². The van der Waals surface area contributed by atoms with Gasteiger partial charge in [0.15, 0.2) is 11.6 Å². The van der Waals surface area contributed by atoms with Crippen LogP contribution in [0.5, 0.6) is 0 Å². The third-order valence-corrected chi connectivity index (χ3v) is 6.98. The summed E-state index contributed by atoms with van der Waals surface area (Å²) in [5.41, 5.74) is 0. The van der Waals surface area contributed by atoms with Crippen molar-refractivity contribution in [2.24, 2.45) is 18.9 Å². The summed E-state index contributed by atoms with van der Waals surface area (Å²) in [5, 5.41) is 2.79. The molecule has 0 bridgehead atoms. The van der Waals surface area contributed by atoms with Gasteiger partial charge in [0.25, 0.3) is 15.9 Å². The molecule has 0 spiro atoms. The van der Waals surface area contributed by atoms with Crippen molar-refractivity contribution in [3.05, 3.63) is 12.0 Å².